The van der Waals surface area contributed by atoms with Gasteiger partial charge < -0.3 is 4.74 Å². The topological polar surface area (TPSA) is 26.3 Å². The van der Waals surface area contributed by atoms with E-state index in [2.05, 4.69) is 0 Å². The lowest BCUT2D eigenvalue weighted by Crippen LogP contribution is -2.03. The van der Waals surface area contributed by atoms with E-state index in [1.807, 2.05) is 6.92 Å². The van der Waals surface area contributed by atoms with Crippen LogP contribution in [0.3, 0.4) is 0 Å². The Kier molecular flexibility index (Phi) is 3.86. The molecule has 98 valence electrons. The van der Waals surface area contributed by atoms with Crippen LogP contribution in [-0.4, -0.2) is 12.9 Å². The number of hydrogen-bond acceptors (Lipinski definition) is 2. The SMILES string of the molecule is COc1ccc(C(=O)c2cc(C)cc(Cl)c2)cc1F. The van der Waals surface area contributed by atoms with Crippen molar-refractivity contribution in [2.24, 2.45) is 0 Å². The van der Waals surface area contributed by atoms with Crippen LogP contribution in [0.5, 0.6) is 5.75 Å². The number of rotatable bonds is 3. The van der Waals surface area contributed by atoms with Gasteiger partial charge in [0.2, 0.25) is 0 Å². The van der Waals surface area contributed by atoms with Gasteiger partial charge in [-0.25, -0.2) is 4.39 Å². The molecule has 0 aliphatic heterocycles. The molecule has 0 N–H and O–H groups in total. The second kappa shape index (κ2) is 5.41. The normalized spacial score (nSPS) is 10.3. The predicted octanol–water partition coefficient (Wildman–Crippen LogP) is 4.03. The Morgan fingerprint density at radius 1 is 1.16 bits per heavy atom. The van der Waals surface area contributed by atoms with Crippen molar-refractivity contribution in [2.75, 3.05) is 7.11 Å². The van der Waals surface area contributed by atoms with Crippen molar-refractivity contribution >= 4 is 17.4 Å². The van der Waals surface area contributed by atoms with Gasteiger partial charge in [-0.15, -0.1) is 0 Å². The number of methoxy groups -OCH3 is 1. The van der Waals surface area contributed by atoms with Crippen molar-refractivity contribution in [2.45, 2.75) is 6.92 Å². The zero-order valence-corrected chi connectivity index (χ0v) is 11.3. The number of benzene rings is 2. The first-order chi connectivity index (χ1) is 9.01. The smallest absolute Gasteiger partial charge is 0.193 e. The molecule has 2 aromatic rings. The summed E-state index contributed by atoms with van der Waals surface area (Å²) in [5.41, 5.74) is 1.58. The molecule has 0 atom stereocenters. The maximum atomic E-state index is 13.6. The average Bonchev–Trinajstić information content (AvgIpc) is 2.36. The maximum Gasteiger partial charge on any atom is 0.193 e. The molecule has 0 radical (unpaired) electrons. The summed E-state index contributed by atoms with van der Waals surface area (Å²) in [6.45, 7) is 1.84. The molecule has 0 unspecified atom stereocenters. The van der Waals surface area contributed by atoms with Crippen molar-refractivity contribution in [1.29, 1.82) is 0 Å². The van der Waals surface area contributed by atoms with Gasteiger partial charge in [0.05, 0.1) is 7.11 Å². The van der Waals surface area contributed by atoms with Gasteiger partial charge in [-0.3, -0.25) is 4.79 Å². The highest BCUT2D eigenvalue weighted by molar-refractivity contribution is 6.31. The van der Waals surface area contributed by atoms with E-state index in [-0.39, 0.29) is 17.1 Å². The van der Waals surface area contributed by atoms with Gasteiger partial charge in [0, 0.05) is 16.1 Å². The number of aryl methyl sites for hydroxylation is 1. The van der Waals surface area contributed by atoms with Crippen LogP contribution >= 0.6 is 11.6 Å². The molecular weight excluding hydrogens is 267 g/mol. The zero-order valence-electron chi connectivity index (χ0n) is 10.5. The molecule has 0 aliphatic rings. The lowest BCUT2D eigenvalue weighted by Gasteiger charge is -2.06. The Bertz CT molecular complexity index is 618. The quantitative estimate of drug-likeness (QED) is 0.793. The lowest BCUT2D eigenvalue weighted by molar-refractivity contribution is 0.103. The van der Waals surface area contributed by atoms with Crippen LogP contribution in [0.2, 0.25) is 5.02 Å². The van der Waals surface area contributed by atoms with E-state index in [4.69, 9.17) is 16.3 Å². The standard InChI is InChI=1S/C15H12ClFO2/c1-9-5-11(7-12(16)6-9)15(18)10-3-4-14(19-2)13(17)8-10/h3-8H,1-2H3. The number of ketones is 1. The molecule has 2 rings (SSSR count). The summed E-state index contributed by atoms with van der Waals surface area (Å²) in [6.07, 6.45) is 0. The van der Waals surface area contributed by atoms with Crippen LogP contribution in [0.4, 0.5) is 4.39 Å². The highest BCUT2D eigenvalue weighted by Crippen LogP contribution is 2.21. The minimum Gasteiger partial charge on any atom is -0.494 e. The van der Waals surface area contributed by atoms with Gasteiger partial charge in [-0.05, 0) is 48.9 Å². The van der Waals surface area contributed by atoms with E-state index in [1.165, 1.54) is 19.2 Å². The van der Waals surface area contributed by atoms with Crippen molar-refractivity contribution in [3.63, 3.8) is 0 Å². The summed E-state index contributed by atoms with van der Waals surface area (Å²) < 4.78 is 18.4. The largest absolute Gasteiger partial charge is 0.494 e. The molecular formula is C15H12ClFO2. The predicted molar refractivity (Wildman–Crippen MR) is 72.6 cm³/mol. The number of ether oxygens (including phenoxy) is 1. The second-order valence-electron chi connectivity index (χ2n) is 4.20. The Labute approximate surface area is 115 Å². The molecule has 0 fully saturated rings. The fourth-order valence-electron chi connectivity index (χ4n) is 1.84. The second-order valence-corrected chi connectivity index (χ2v) is 4.63. The van der Waals surface area contributed by atoms with Crippen LogP contribution < -0.4 is 4.74 Å². The summed E-state index contributed by atoms with van der Waals surface area (Å²) in [7, 11) is 1.38. The van der Waals surface area contributed by atoms with Crippen molar-refractivity contribution in [3.05, 3.63) is 63.9 Å². The highest BCUT2D eigenvalue weighted by Gasteiger charge is 2.13. The monoisotopic (exact) mass is 278 g/mol. The lowest BCUT2D eigenvalue weighted by atomic mass is 10.0. The van der Waals surface area contributed by atoms with Gasteiger partial charge in [0.25, 0.3) is 0 Å². The van der Waals surface area contributed by atoms with Gasteiger partial charge in [-0.2, -0.15) is 0 Å². The minimum atomic E-state index is -0.563. The number of halogens is 2. The fourth-order valence-corrected chi connectivity index (χ4v) is 2.13. The Morgan fingerprint density at radius 3 is 2.47 bits per heavy atom. The molecule has 0 amide bonds. The third kappa shape index (κ3) is 2.93. The van der Waals surface area contributed by atoms with E-state index >= 15 is 0 Å². The Hall–Kier alpha value is -1.87. The first-order valence-corrected chi connectivity index (χ1v) is 6.04. The summed E-state index contributed by atoms with van der Waals surface area (Å²) in [6, 6.07) is 9.17. The van der Waals surface area contributed by atoms with Crippen LogP contribution in [-0.2, 0) is 0 Å². The molecule has 19 heavy (non-hydrogen) atoms. The molecule has 0 saturated carbocycles. The number of hydrogen-bond donors (Lipinski definition) is 0. The first kappa shape index (κ1) is 13.6. The summed E-state index contributed by atoms with van der Waals surface area (Å²) in [5.74, 6) is -0.724. The number of carbonyl (C=O) groups is 1. The molecule has 0 heterocycles. The van der Waals surface area contributed by atoms with Gasteiger partial charge >= 0.3 is 0 Å². The molecule has 2 nitrogen and oxygen atoms in total. The van der Waals surface area contributed by atoms with Crippen LogP contribution in [0.25, 0.3) is 0 Å². The average molecular weight is 279 g/mol. The fraction of sp³-hybridized carbons (Fsp3) is 0.133. The Balaban J connectivity index is 2.41. The van der Waals surface area contributed by atoms with Crippen molar-refractivity contribution in [1.82, 2.24) is 0 Å². The summed E-state index contributed by atoms with van der Waals surface area (Å²) in [4.78, 5) is 12.2. The first-order valence-electron chi connectivity index (χ1n) is 5.66. The van der Waals surface area contributed by atoms with E-state index in [0.29, 0.717) is 10.6 Å². The highest BCUT2D eigenvalue weighted by atomic mass is 35.5. The van der Waals surface area contributed by atoms with Crippen LogP contribution in [0.15, 0.2) is 36.4 Å². The van der Waals surface area contributed by atoms with Crippen LogP contribution in [0.1, 0.15) is 21.5 Å². The van der Waals surface area contributed by atoms with E-state index in [1.54, 1.807) is 18.2 Å². The van der Waals surface area contributed by atoms with Crippen LogP contribution in [0, 0.1) is 12.7 Å². The third-order valence-electron chi connectivity index (χ3n) is 2.72. The van der Waals surface area contributed by atoms with E-state index in [9.17, 15) is 9.18 Å². The van der Waals surface area contributed by atoms with E-state index in [0.717, 1.165) is 11.6 Å². The van der Waals surface area contributed by atoms with Gasteiger partial charge in [0.15, 0.2) is 17.3 Å². The van der Waals surface area contributed by atoms with Gasteiger partial charge in [-0.1, -0.05) is 11.6 Å². The molecule has 2 aromatic carbocycles. The third-order valence-corrected chi connectivity index (χ3v) is 2.94. The van der Waals surface area contributed by atoms with E-state index < -0.39 is 5.82 Å². The van der Waals surface area contributed by atoms with Crippen molar-refractivity contribution < 1.29 is 13.9 Å². The zero-order chi connectivity index (χ0) is 14.0. The summed E-state index contributed by atoms with van der Waals surface area (Å²) >= 11 is 5.91. The summed E-state index contributed by atoms with van der Waals surface area (Å²) in [5, 5.41) is 0.484. The molecule has 0 saturated heterocycles. The molecule has 0 aliphatic carbocycles. The van der Waals surface area contributed by atoms with Crippen molar-refractivity contribution in [3.8, 4) is 5.75 Å². The van der Waals surface area contributed by atoms with Gasteiger partial charge in [0.1, 0.15) is 0 Å². The number of carbonyl (C=O) groups excluding carboxylic acids is 1. The maximum absolute atomic E-state index is 13.6. The molecule has 0 aromatic heterocycles. The molecule has 0 bridgehead atoms. The Morgan fingerprint density at radius 2 is 1.89 bits per heavy atom. The molecule has 0 spiro atoms. The minimum absolute atomic E-state index is 0.110. The molecule has 4 heteroatoms.